The molecule has 1 amide bonds. The Balaban J connectivity index is 3.19. The first-order valence-corrected chi connectivity index (χ1v) is 4.86. The number of hydrogen-bond donors (Lipinski definition) is 1. The predicted octanol–water partition coefficient (Wildman–Crippen LogP) is 0.281. The Bertz CT molecular complexity index is 393. The van der Waals surface area contributed by atoms with Gasteiger partial charge in [-0.2, -0.15) is 5.10 Å². The molecule has 90 valence electrons. The van der Waals surface area contributed by atoms with Gasteiger partial charge in [0.15, 0.2) is 0 Å². The van der Waals surface area contributed by atoms with Crippen molar-refractivity contribution in [1.82, 2.24) is 14.8 Å². The minimum atomic E-state index is -1.17. The molecule has 0 saturated heterocycles. The summed E-state index contributed by atoms with van der Waals surface area (Å²) in [5.74, 6) is -0.340. The fourth-order valence-corrected chi connectivity index (χ4v) is 1.35. The molecule has 0 aliphatic rings. The second-order valence-corrected chi connectivity index (χ2v) is 4.11. The van der Waals surface area contributed by atoms with E-state index < -0.39 is 5.60 Å². The summed E-state index contributed by atoms with van der Waals surface area (Å²) in [6.45, 7) is 3.16. The van der Waals surface area contributed by atoms with Crippen molar-refractivity contribution in [3.8, 4) is 0 Å². The third-order valence-corrected chi connectivity index (χ3v) is 2.20. The van der Waals surface area contributed by atoms with E-state index in [1.54, 1.807) is 27.1 Å². The zero-order valence-electron chi connectivity index (χ0n) is 10.2. The summed E-state index contributed by atoms with van der Waals surface area (Å²) in [5, 5.41) is 15.1. The number of hydroxylamine groups is 2. The van der Waals surface area contributed by atoms with Crippen molar-refractivity contribution in [1.29, 1.82) is 0 Å². The normalized spacial score (nSPS) is 11.6. The van der Waals surface area contributed by atoms with E-state index in [0.717, 1.165) is 5.06 Å². The highest BCUT2D eigenvalue weighted by Crippen LogP contribution is 2.22. The molecule has 1 heterocycles. The summed E-state index contributed by atoms with van der Waals surface area (Å²) >= 11 is 0. The topological polar surface area (TPSA) is 67.6 Å². The molecule has 0 aliphatic carbocycles. The highest BCUT2D eigenvalue weighted by Gasteiger charge is 2.28. The molecule has 1 rings (SSSR count). The first-order chi connectivity index (χ1) is 7.27. The number of aromatic nitrogens is 2. The summed E-state index contributed by atoms with van der Waals surface area (Å²) in [6, 6.07) is 0. The molecule has 0 spiro atoms. The van der Waals surface area contributed by atoms with Gasteiger partial charge >= 0.3 is 0 Å². The Morgan fingerprint density at radius 3 is 2.62 bits per heavy atom. The standard InChI is InChI=1S/C10H17N3O3/c1-10(2,15)8-7(6-12(3)11-8)9(14)13(4)16-5/h6,15H,1-5H3. The largest absolute Gasteiger partial charge is 0.384 e. The van der Waals surface area contributed by atoms with Crippen molar-refractivity contribution in [2.75, 3.05) is 14.2 Å². The Morgan fingerprint density at radius 2 is 2.19 bits per heavy atom. The molecule has 0 fully saturated rings. The molecule has 1 aromatic rings. The van der Waals surface area contributed by atoms with Crippen LogP contribution in [-0.4, -0.2) is 40.0 Å². The van der Waals surface area contributed by atoms with Crippen LogP contribution in [0.25, 0.3) is 0 Å². The SMILES string of the molecule is CON(C)C(=O)c1cn(C)nc1C(C)(C)O. The van der Waals surface area contributed by atoms with Gasteiger partial charge in [-0.1, -0.05) is 0 Å². The highest BCUT2D eigenvalue weighted by atomic mass is 16.7. The number of aryl methyl sites for hydroxylation is 1. The number of carbonyl (C=O) groups is 1. The van der Waals surface area contributed by atoms with Crippen LogP contribution in [-0.2, 0) is 17.5 Å². The number of carbonyl (C=O) groups excluding carboxylic acids is 1. The Hall–Kier alpha value is -1.40. The van der Waals surface area contributed by atoms with E-state index in [9.17, 15) is 9.90 Å². The third kappa shape index (κ3) is 2.40. The molecule has 0 atom stereocenters. The molecule has 1 aromatic heterocycles. The maximum absolute atomic E-state index is 11.9. The van der Waals surface area contributed by atoms with Crippen LogP contribution >= 0.6 is 0 Å². The molecule has 6 nitrogen and oxygen atoms in total. The van der Waals surface area contributed by atoms with Crippen LogP contribution in [0.4, 0.5) is 0 Å². The summed E-state index contributed by atoms with van der Waals surface area (Å²) in [7, 11) is 4.60. The van der Waals surface area contributed by atoms with Crippen LogP contribution in [0.3, 0.4) is 0 Å². The van der Waals surface area contributed by atoms with Crippen LogP contribution in [0.5, 0.6) is 0 Å². The fourth-order valence-electron chi connectivity index (χ4n) is 1.35. The second-order valence-electron chi connectivity index (χ2n) is 4.11. The lowest BCUT2D eigenvalue weighted by atomic mass is 10.0. The Morgan fingerprint density at radius 1 is 1.62 bits per heavy atom. The average molecular weight is 227 g/mol. The predicted molar refractivity (Wildman–Crippen MR) is 57.6 cm³/mol. The Kier molecular flexibility index (Phi) is 3.35. The molecular formula is C10H17N3O3. The van der Waals surface area contributed by atoms with Gasteiger partial charge in [-0.3, -0.25) is 14.3 Å². The first kappa shape index (κ1) is 12.7. The monoisotopic (exact) mass is 227 g/mol. The lowest BCUT2D eigenvalue weighted by Gasteiger charge is -2.18. The van der Waals surface area contributed by atoms with Crippen LogP contribution in [0.1, 0.15) is 29.9 Å². The summed E-state index contributed by atoms with van der Waals surface area (Å²) in [5.41, 5.74) is -0.496. The molecule has 0 aromatic carbocycles. The van der Waals surface area contributed by atoms with Crippen molar-refractivity contribution in [3.63, 3.8) is 0 Å². The molecule has 16 heavy (non-hydrogen) atoms. The molecule has 1 N–H and O–H groups in total. The molecule has 0 aliphatic heterocycles. The number of hydrogen-bond acceptors (Lipinski definition) is 4. The summed E-state index contributed by atoms with van der Waals surface area (Å²) in [4.78, 5) is 16.7. The second kappa shape index (κ2) is 4.23. The van der Waals surface area contributed by atoms with Crippen LogP contribution in [0.2, 0.25) is 0 Å². The number of rotatable bonds is 3. The van der Waals surface area contributed by atoms with Gasteiger partial charge in [-0.15, -0.1) is 0 Å². The van der Waals surface area contributed by atoms with Gasteiger partial charge in [-0.25, -0.2) is 5.06 Å². The van der Waals surface area contributed by atoms with Gasteiger partial charge < -0.3 is 5.11 Å². The molecule has 6 heteroatoms. The van der Waals surface area contributed by atoms with Gasteiger partial charge in [0.1, 0.15) is 11.3 Å². The van der Waals surface area contributed by atoms with Crippen LogP contribution < -0.4 is 0 Å². The Labute approximate surface area is 94.4 Å². The van der Waals surface area contributed by atoms with Gasteiger partial charge in [0.25, 0.3) is 5.91 Å². The molecule has 0 saturated carbocycles. The smallest absolute Gasteiger partial charge is 0.280 e. The van der Waals surface area contributed by atoms with Gasteiger partial charge in [0, 0.05) is 20.3 Å². The third-order valence-electron chi connectivity index (χ3n) is 2.20. The fraction of sp³-hybridized carbons (Fsp3) is 0.600. The maximum atomic E-state index is 11.9. The van der Waals surface area contributed by atoms with E-state index in [2.05, 4.69) is 5.10 Å². The molecule has 0 unspecified atom stereocenters. The van der Waals surface area contributed by atoms with Crippen molar-refractivity contribution in [3.05, 3.63) is 17.5 Å². The number of amides is 1. The van der Waals surface area contributed by atoms with E-state index in [-0.39, 0.29) is 5.91 Å². The average Bonchev–Trinajstić information content (AvgIpc) is 2.57. The highest BCUT2D eigenvalue weighted by molar-refractivity contribution is 5.94. The van der Waals surface area contributed by atoms with Gasteiger partial charge in [-0.05, 0) is 13.8 Å². The van der Waals surface area contributed by atoms with Gasteiger partial charge in [0.05, 0.1) is 12.7 Å². The van der Waals surface area contributed by atoms with Crippen molar-refractivity contribution in [2.45, 2.75) is 19.4 Å². The van der Waals surface area contributed by atoms with E-state index in [1.165, 1.54) is 18.8 Å². The quantitative estimate of drug-likeness (QED) is 0.753. The molecular weight excluding hydrogens is 210 g/mol. The minimum absolute atomic E-state index is 0.333. The lowest BCUT2D eigenvalue weighted by molar-refractivity contribution is -0.0760. The van der Waals surface area contributed by atoms with Crippen molar-refractivity contribution < 1.29 is 14.7 Å². The number of nitrogens with zero attached hydrogens (tertiary/aromatic N) is 3. The van der Waals surface area contributed by atoms with Crippen molar-refractivity contribution in [2.24, 2.45) is 7.05 Å². The maximum Gasteiger partial charge on any atom is 0.280 e. The molecule has 0 bridgehead atoms. The first-order valence-electron chi connectivity index (χ1n) is 4.86. The van der Waals surface area contributed by atoms with E-state index >= 15 is 0 Å². The minimum Gasteiger partial charge on any atom is -0.384 e. The lowest BCUT2D eigenvalue weighted by Crippen LogP contribution is -2.28. The van der Waals surface area contributed by atoms with Gasteiger partial charge in [0.2, 0.25) is 0 Å². The summed E-state index contributed by atoms with van der Waals surface area (Å²) < 4.78 is 1.49. The zero-order valence-corrected chi connectivity index (χ0v) is 10.2. The van der Waals surface area contributed by atoms with E-state index in [0.29, 0.717) is 11.3 Å². The number of aliphatic hydroxyl groups is 1. The summed E-state index contributed by atoms with van der Waals surface area (Å²) in [6.07, 6.45) is 1.56. The molecule has 0 radical (unpaired) electrons. The zero-order chi connectivity index (χ0) is 12.5. The van der Waals surface area contributed by atoms with Crippen molar-refractivity contribution >= 4 is 5.91 Å². The van der Waals surface area contributed by atoms with E-state index in [4.69, 9.17) is 4.84 Å². The van der Waals surface area contributed by atoms with Crippen LogP contribution in [0.15, 0.2) is 6.20 Å². The van der Waals surface area contributed by atoms with E-state index in [1.807, 2.05) is 0 Å². The van der Waals surface area contributed by atoms with Crippen LogP contribution in [0, 0.1) is 0 Å².